The van der Waals surface area contributed by atoms with E-state index in [2.05, 4.69) is 57.7 Å². The Labute approximate surface area is 225 Å². The van der Waals surface area contributed by atoms with Gasteiger partial charge < -0.3 is 24.7 Å². The molecule has 2 aromatic carbocycles. The molecule has 1 atom stereocenters. The highest BCUT2D eigenvalue weighted by atomic mass is 32.2. The number of benzene rings is 2. The lowest BCUT2D eigenvalue weighted by Gasteiger charge is -2.35. The molecule has 7 rings (SSSR count). The molecule has 4 heterocycles. The lowest BCUT2D eigenvalue weighted by Crippen LogP contribution is -2.41. The molecule has 8 heteroatoms. The van der Waals surface area contributed by atoms with Crippen LogP contribution in [0.3, 0.4) is 0 Å². The summed E-state index contributed by atoms with van der Waals surface area (Å²) in [4.78, 5) is 24.2. The fourth-order valence-corrected chi connectivity index (χ4v) is 6.13. The molecule has 0 bridgehead atoms. The maximum absolute atomic E-state index is 12.4. The Bertz CT molecular complexity index is 1550. The van der Waals surface area contributed by atoms with Crippen LogP contribution in [-0.2, 0) is 11.3 Å². The van der Waals surface area contributed by atoms with Crippen LogP contribution in [0.4, 0.5) is 11.4 Å². The number of aromatic nitrogens is 2. The third-order valence-electron chi connectivity index (χ3n) is 7.23. The predicted octanol–water partition coefficient (Wildman–Crippen LogP) is 6.09. The van der Waals surface area contributed by atoms with Gasteiger partial charge in [-0.25, -0.2) is 0 Å². The molecule has 1 unspecified atom stereocenters. The van der Waals surface area contributed by atoms with Crippen LogP contribution in [0.15, 0.2) is 87.5 Å². The summed E-state index contributed by atoms with van der Waals surface area (Å²) in [6, 6.07) is 22.4. The molecule has 1 saturated heterocycles. The number of morpholine rings is 1. The summed E-state index contributed by atoms with van der Waals surface area (Å²) < 4.78 is 12.6. The van der Waals surface area contributed by atoms with Crippen LogP contribution in [0.25, 0.3) is 0 Å². The van der Waals surface area contributed by atoms with E-state index in [4.69, 9.17) is 14.5 Å². The highest BCUT2D eigenvalue weighted by molar-refractivity contribution is 7.99. The van der Waals surface area contributed by atoms with Gasteiger partial charge in [-0.2, -0.15) is 0 Å². The minimum Gasteiger partial charge on any atom is -0.455 e. The van der Waals surface area contributed by atoms with Crippen molar-refractivity contribution in [3.63, 3.8) is 0 Å². The summed E-state index contributed by atoms with van der Waals surface area (Å²) in [5.74, 6) is 2.32. The fourth-order valence-electron chi connectivity index (χ4n) is 5.10. The van der Waals surface area contributed by atoms with Crippen LogP contribution in [0, 0.1) is 0 Å². The minimum absolute atomic E-state index is 0.0835. The van der Waals surface area contributed by atoms with Crippen LogP contribution in [0.5, 0.6) is 11.5 Å². The minimum atomic E-state index is -0.194. The molecule has 7 nitrogen and oxygen atoms in total. The molecule has 2 fully saturated rings. The normalized spacial score (nSPS) is 18.3. The number of aromatic amines is 1. The van der Waals surface area contributed by atoms with Gasteiger partial charge in [0.2, 0.25) is 0 Å². The molecular weight excluding hydrogens is 496 g/mol. The lowest BCUT2D eigenvalue weighted by molar-refractivity contribution is 0.0382. The molecule has 0 radical (unpaired) electrons. The second-order valence-corrected chi connectivity index (χ2v) is 11.0. The lowest BCUT2D eigenvalue weighted by atomic mass is 10.1. The number of nitrogens with one attached hydrogen (secondary N) is 2. The van der Waals surface area contributed by atoms with Gasteiger partial charge in [-0.15, -0.1) is 0 Å². The molecule has 2 aromatic heterocycles. The maximum Gasteiger partial charge on any atom is 0.271 e. The van der Waals surface area contributed by atoms with Crippen LogP contribution >= 0.6 is 11.8 Å². The first-order valence-electron chi connectivity index (χ1n) is 13.1. The standard InChI is InChI=1S/C30H28N4O3S/c35-30-24(7-3-13-31-30)34-14-15-36-26(18-34)22-5-2-8-27-29(22)37-25-12-11-20(16-28(25)38-27)32-17-21-4-1-6-23(33-21)19-9-10-19/h1-8,11-13,16,19,26,32H,9-10,14-15,17-18H2,(H,31,35). The SMILES string of the molecule is O=c1[nH]cccc1N1CCOC(c2cccc3c2Oc2ccc(NCc4cccc(C5CC5)n4)cc2S3)C1. The van der Waals surface area contributed by atoms with Crippen molar-refractivity contribution in [1.82, 2.24) is 9.97 Å². The largest absolute Gasteiger partial charge is 0.455 e. The predicted molar refractivity (Wildman–Crippen MR) is 149 cm³/mol. The van der Waals surface area contributed by atoms with Crippen LogP contribution in [0.1, 0.15) is 41.8 Å². The van der Waals surface area contributed by atoms with E-state index >= 15 is 0 Å². The molecule has 0 amide bonds. The number of pyridine rings is 2. The van der Waals surface area contributed by atoms with Crippen molar-refractivity contribution < 1.29 is 9.47 Å². The highest BCUT2D eigenvalue weighted by Crippen LogP contribution is 2.50. The number of hydrogen-bond acceptors (Lipinski definition) is 7. The first-order chi connectivity index (χ1) is 18.7. The van der Waals surface area contributed by atoms with Gasteiger partial charge in [-0.05, 0) is 61.4 Å². The number of fused-ring (bicyclic) bond motifs is 2. The first kappa shape index (κ1) is 23.4. The fraction of sp³-hybridized carbons (Fsp3) is 0.267. The molecule has 2 N–H and O–H groups in total. The molecule has 2 aliphatic heterocycles. The maximum atomic E-state index is 12.4. The Hall–Kier alpha value is -3.75. The van der Waals surface area contributed by atoms with E-state index in [9.17, 15) is 4.79 Å². The van der Waals surface area contributed by atoms with Gasteiger partial charge in [0.15, 0.2) is 0 Å². The summed E-state index contributed by atoms with van der Waals surface area (Å²) in [6.45, 7) is 2.49. The van der Waals surface area contributed by atoms with E-state index < -0.39 is 0 Å². The summed E-state index contributed by atoms with van der Waals surface area (Å²) in [7, 11) is 0. The second-order valence-electron chi connectivity index (χ2n) is 9.91. The average Bonchev–Trinajstić information content (AvgIpc) is 3.81. The number of para-hydroxylation sites is 1. The Balaban J connectivity index is 1.08. The molecule has 38 heavy (non-hydrogen) atoms. The zero-order valence-corrected chi connectivity index (χ0v) is 21.7. The molecule has 3 aliphatic rings. The molecule has 0 spiro atoms. The monoisotopic (exact) mass is 524 g/mol. The number of nitrogens with zero attached hydrogens (tertiary/aromatic N) is 2. The van der Waals surface area contributed by atoms with E-state index in [1.165, 1.54) is 18.5 Å². The van der Waals surface area contributed by atoms with Crippen molar-refractivity contribution in [3.8, 4) is 11.5 Å². The second kappa shape index (κ2) is 9.85. The van der Waals surface area contributed by atoms with Crippen molar-refractivity contribution in [1.29, 1.82) is 0 Å². The van der Waals surface area contributed by atoms with Crippen LogP contribution in [0.2, 0.25) is 0 Å². The first-order valence-corrected chi connectivity index (χ1v) is 13.9. The zero-order valence-electron chi connectivity index (χ0n) is 20.9. The molecule has 4 aromatic rings. The van der Waals surface area contributed by atoms with Gasteiger partial charge in [0.25, 0.3) is 5.56 Å². The summed E-state index contributed by atoms with van der Waals surface area (Å²) in [5, 5.41) is 3.52. The van der Waals surface area contributed by atoms with Gasteiger partial charge in [0.05, 0.1) is 28.6 Å². The van der Waals surface area contributed by atoms with Gasteiger partial charge >= 0.3 is 0 Å². The summed E-state index contributed by atoms with van der Waals surface area (Å²) in [5.41, 5.74) is 4.90. The van der Waals surface area contributed by atoms with Crippen LogP contribution < -0.4 is 20.5 Å². The average molecular weight is 525 g/mol. The smallest absolute Gasteiger partial charge is 0.271 e. The van der Waals surface area contributed by atoms with Crippen molar-refractivity contribution in [2.45, 2.75) is 41.2 Å². The van der Waals surface area contributed by atoms with E-state index in [1.807, 2.05) is 24.3 Å². The zero-order chi connectivity index (χ0) is 25.5. The number of H-pyrrole nitrogens is 1. The van der Waals surface area contributed by atoms with E-state index in [0.717, 1.165) is 38.2 Å². The number of anilines is 2. The quantitative estimate of drug-likeness (QED) is 0.278. The van der Waals surface area contributed by atoms with Gasteiger partial charge in [0.1, 0.15) is 23.3 Å². The van der Waals surface area contributed by atoms with Crippen molar-refractivity contribution >= 4 is 23.1 Å². The van der Waals surface area contributed by atoms with Crippen molar-refractivity contribution in [2.75, 3.05) is 29.9 Å². The van der Waals surface area contributed by atoms with Gasteiger partial charge in [0, 0.05) is 42.1 Å². The number of rotatable bonds is 6. The third kappa shape index (κ3) is 4.66. The Morgan fingerprint density at radius 2 is 1.97 bits per heavy atom. The van der Waals surface area contributed by atoms with E-state index in [1.54, 1.807) is 18.0 Å². The summed E-state index contributed by atoms with van der Waals surface area (Å²) in [6.07, 6.45) is 3.98. The number of hydrogen-bond donors (Lipinski definition) is 2. The third-order valence-corrected chi connectivity index (χ3v) is 8.31. The Morgan fingerprint density at radius 1 is 1.05 bits per heavy atom. The summed E-state index contributed by atoms with van der Waals surface area (Å²) >= 11 is 1.71. The molecule has 1 saturated carbocycles. The van der Waals surface area contributed by atoms with Gasteiger partial charge in [-0.3, -0.25) is 9.78 Å². The number of ether oxygens (including phenoxy) is 2. The van der Waals surface area contributed by atoms with Crippen molar-refractivity contribution in [3.05, 3.63) is 100 Å². The highest BCUT2D eigenvalue weighted by Gasteiger charge is 2.30. The van der Waals surface area contributed by atoms with Crippen LogP contribution in [-0.4, -0.2) is 29.7 Å². The Kier molecular flexibility index (Phi) is 6.06. The van der Waals surface area contributed by atoms with E-state index in [-0.39, 0.29) is 11.7 Å². The Morgan fingerprint density at radius 3 is 2.87 bits per heavy atom. The van der Waals surface area contributed by atoms with E-state index in [0.29, 0.717) is 37.8 Å². The molecule has 192 valence electrons. The van der Waals surface area contributed by atoms with Crippen molar-refractivity contribution in [2.24, 2.45) is 0 Å². The van der Waals surface area contributed by atoms with Gasteiger partial charge in [-0.1, -0.05) is 30.0 Å². The topological polar surface area (TPSA) is 79.5 Å². The molecular formula is C30H28N4O3S. The molecule has 1 aliphatic carbocycles.